The molecule has 1 N–H and O–H groups in total. The van der Waals surface area contributed by atoms with Gasteiger partial charge in [0.25, 0.3) is 11.1 Å². The van der Waals surface area contributed by atoms with E-state index in [1.165, 1.54) is 0 Å². The zero-order chi connectivity index (χ0) is 33.9. The number of rotatable bonds is 6. The van der Waals surface area contributed by atoms with Crippen molar-refractivity contribution in [2.24, 2.45) is 7.05 Å². The van der Waals surface area contributed by atoms with Gasteiger partial charge in [0.15, 0.2) is 11.3 Å². The molecule has 6 heterocycles. The lowest BCUT2D eigenvalue weighted by Crippen LogP contribution is -2.24. The largest absolute Gasteiger partial charge is 0.381 e. The standard InChI is InChI=1S/C18H19BrN4O2.C17H17BrN4O2/c1-22-16(10-12-2-4-13(19)5-3-12)21-17-15(18(22)24)11-20-23(17)14-6-8-25-9-7-14;18-12-3-1-11(2-4-12)9-15-20-16-14(17(23)21-15)10-19-22(16)13-5-7-24-8-6-13/h2-5,11,14H,6-10H2,1H3;1-4,10,13H,5-9H2,(H,20,21,23). The van der Waals surface area contributed by atoms with Gasteiger partial charge < -0.3 is 14.5 Å². The Hall–Kier alpha value is -3.98. The van der Waals surface area contributed by atoms with Crippen LogP contribution in [0.25, 0.3) is 22.1 Å². The third-order valence-electron chi connectivity index (χ3n) is 9.07. The molecule has 0 unspecified atom stereocenters. The summed E-state index contributed by atoms with van der Waals surface area (Å²) in [6, 6.07) is 16.6. The Kier molecular flexibility index (Phi) is 10.2. The van der Waals surface area contributed by atoms with Gasteiger partial charge in [0.1, 0.15) is 22.4 Å². The van der Waals surface area contributed by atoms with Crippen molar-refractivity contribution in [3.8, 4) is 0 Å². The van der Waals surface area contributed by atoms with Crippen molar-refractivity contribution in [1.82, 2.24) is 39.1 Å². The van der Waals surface area contributed by atoms with Crippen LogP contribution in [-0.2, 0) is 29.4 Å². The molecule has 14 heteroatoms. The van der Waals surface area contributed by atoms with Crippen LogP contribution in [0.4, 0.5) is 0 Å². The first-order valence-corrected chi connectivity index (χ1v) is 18.0. The number of aromatic nitrogens is 8. The molecule has 6 aromatic rings. The summed E-state index contributed by atoms with van der Waals surface area (Å²) in [7, 11) is 1.77. The lowest BCUT2D eigenvalue weighted by atomic mass is 10.1. The second-order valence-electron chi connectivity index (χ2n) is 12.4. The summed E-state index contributed by atoms with van der Waals surface area (Å²) in [5.74, 6) is 1.40. The average molecular weight is 793 g/mol. The molecule has 2 fully saturated rings. The zero-order valence-corrected chi connectivity index (χ0v) is 30.2. The van der Waals surface area contributed by atoms with Crippen LogP contribution in [0.5, 0.6) is 0 Å². The predicted molar refractivity (Wildman–Crippen MR) is 193 cm³/mol. The number of ether oxygens (including phenoxy) is 2. The second-order valence-corrected chi connectivity index (χ2v) is 14.2. The number of hydrogen-bond acceptors (Lipinski definition) is 8. The van der Waals surface area contributed by atoms with Crippen molar-refractivity contribution in [2.75, 3.05) is 26.4 Å². The van der Waals surface area contributed by atoms with E-state index >= 15 is 0 Å². The third-order valence-corrected chi connectivity index (χ3v) is 10.1. The van der Waals surface area contributed by atoms with Gasteiger partial charge in [-0.3, -0.25) is 14.2 Å². The van der Waals surface area contributed by atoms with Gasteiger partial charge in [-0.25, -0.2) is 19.3 Å². The number of H-pyrrole nitrogens is 1. The van der Waals surface area contributed by atoms with Crippen LogP contribution < -0.4 is 11.1 Å². The van der Waals surface area contributed by atoms with Crippen molar-refractivity contribution in [3.63, 3.8) is 0 Å². The summed E-state index contributed by atoms with van der Waals surface area (Å²) in [5, 5.41) is 9.99. The molecular weight excluding hydrogens is 756 g/mol. The number of nitrogens with one attached hydrogen (secondary N) is 1. The molecule has 4 aromatic heterocycles. The summed E-state index contributed by atoms with van der Waals surface area (Å²) < 4.78 is 18.3. The number of aromatic amines is 1. The molecule has 12 nitrogen and oxygen atoms in total. The van der Waals surface area contributed by atoms with Crippen LogP contribution in [-0.4, -0.2) is 65.5 Å². The molecule has 49 heavy (non-hydrogen) atoms. The van der Waals surface area contributed by atoms with Gasteiger partial charge >= 0.3 is 0 Å². The fourth-order valence-electron chi connectivity index (χ4n) is 6.31. The quantitative estimate of drug-likeness (QED) is 0.229. The molecule has 0 spiro atoms. The minimum absolute atomic E-state index is 0.0459. The van der Waals surface area contributed by atoms with E-state index in [1.807, 2.05) is 57.9 Å². The first kappa shape index (κ1) is 33.5. The topological polar surface area (TPSA) is 135 Å². The van der Waals surface area contributed by atoms with E-state index in [0.29, 0.717) is 40.7 Å². The summed E-state index contributed by atoms with van der Waals surface area (Å²) in [5.41, 5.74) is 3.38. The molecule has 2 aliphatic heterocycles. The molecule has 0 atom stereocenters. The fourth-order valence-corrected chi connectivity index (χ4v) is 6.84. The van der Waals surface area contributed by atoms with Crippen LogP contribution in [0.15, 0.2) is 79.5 Å². The lowest BCUT2D eigenvalue weighted by Gasteiger charge is -2.22. The number of fused-ring (bicyclic) bond motifs is 2. The molecule has 8 rings (SSSR count). The number of halogens is 2. The molecule has 0 radical (unpaired) electrons. The first-order valence-electron chi connectivity index (χ1n) is 16.4. The highest BCUT2D eigenvalue weighted by atomic mass is 79.9. The first-order chi connectivity index (χ1) is 23.8. The summed E-state index contributed by atoms with van der Waals surface area (Å²) >= 11 is 6.87. The van der Waals surface area contributed by atoms with Crippen molar-refractivity contribution < 1.29 is 9.47 Å². The highest BCUT2D eigenvalue weighted by Gasteiger charge is 2.22. The summed E-state index contributed by atoms with van der Waals surface area (Å²) in [6.07, 6.45) is 8.03. The molecule has 2 aromatic carbocycles. The SMILES string of the molecule is Cn1c(Cc2ccc(Br)cc2)nc2c(cnn2C2CCOCC2)c1=O.O=c1[nH]c(Cc2ccc(Br)cc2)nc2c1cnn2C1CCOCC1. The molecule has 0 saturated carbocycles. The van der Waals surface area contributed by atoms with E-state index in [0.717, 1.165) is 78.0 Å². The van der Waals surface area contributed by atoms with Crippen LogP contribution in [0, 0.1) is 0 Å². The van der Waals surface area contributed by atoms with E-state index < -0.39 is 0 Å². The average Bonchev–Trinajstić information content (AvgIpc) is 3.75. The van der Waals surface area contributed by atoms with Crippen LogP contribution in [0.3, 0.4) is 0 Å². The maximum Gasteiger partial charge on any atom is 0.264 e. The van der Waals surface area contributed by atoms with E-state index in [2.05, 4.69) is 52.0 Å². The van der Waals surface area contributed by atoms with E-state index in [9.17, 15) is 9.59 Å². The lowest BCUT2D eigenvalue weighted by molar-refractivity contribution is 0.0672. The molecule has 254 valence electrons. The summed E-state index contributed by atoms with van der Waals surface area (Å²) in [4.78, 5) is 37.4. The molecule has 0 aliphatic carbocycles. The van der Waals surface area contributed by atoms with E-state index in [-0.39, 0.29) is 23.2 Å². The van der Waals surface area contributed by atoms with Crippen LogP contribution in [0.1, 0.15) is 60.5 Å². The fraction of sp³-hybridized carbons (Fsp3) is 0.371. The van der Waals surface area contributed by atoms with Crippen molar-refractivity contribution in [3.05, 3.63) is 113 Å². The number of benzene rings is 2. The molecule has 0 amide bonds. The van der Waals surface area contributed by atoms with Crippen molar-refractivity contribution >= 4 is 53.9 Å². The van der Waals surface area contributed by atoms with Gasteiger partial charge in [-0.05, 0) is 61.1 Å². The zero-order valence-electron chi connectivity index (χ0n) is 27.0. The number of nitrogens with zero attached hydrogens (tertiary/aromatic N) is 7. The highest BCUT2D eigenvalue weighted by molar-refractivity contribution is 9.10. The summed E-state index contributed by atoms with van der Waals surface area (Å²) in [6.45, 7) is 2.90. The maximum atomic E-state index is 12.7. The third kappa shape index (κ3) is 7.47. The molecular formula is C35H36Br2N8O4. The van der Waals surface area contributed by atoms with Gasteiger partial charge in [-0.1, -0.05) is 56.1 Å². The smallest absolute Gasteiger partial charge is 0.264 e. The molecule has 2 saturated heterocycles. The van der Waals surface area contributed by atoms with Gasteiger partial charge in [0.05, 0.1) is 24.5 Å². The Morgan fingerprint density at radius 3 is 1.76 bits per heavy atom. The molecule has 2 aliphatic rings. The van der Waals surface area contributed by atoms with Crippen LogP contribution in [0.2, 0.25) is 0 Å². The van der Waals surface area contributed by atoms with Crippen molar-refractivity contribution in [2.45, 2.75) is 50.6 Å². The minimum atomic E-state index is -0.134. The highest BCUT2D eigenvalue weighted by Crippen LogP contribution is 2.25. The van der Waals surface area contributed by atoms with E-state index in [4.69, 9.17) is 14.5 Å². The van der Waals surface area contributed by atoms with Gasteiger partial charge in [0, 0.05) is 55.3 Å². The van der Waals surface area contributed by atoms with Crippen molar-refractivity contribution in [1.29, 1.82) is 0 Å². The number of hydrogen-bond donors (Lipinski definition) is 1. The molecule has 0 bridgehead atoms. The predicted octanol–water partition coefficient (Wildman–Crippen LogP) is 5.66. The maximum absolute atomic E-state index is 12.7. The Balaban J connectivity index is 0.000000154. The van der Waals surface area contributed by atoms with Crippen LogP contribution >= 0.6 is 31.9 Å². The van der Waals surface area contributed by atoms with Gasteiger partial charge in [-0.2, -0.15) is 10.2 Å². The second kappa shape index (κ2) is 14.9. The Labute approximate surface area is 298 Å². The Morgan fingerprint density at radius 1 is 0.714 bits per heavy atom. The normalized spacial score (nSPS) is 15.8. The minimum Gasteiger partial charge on any atom is -0.381 e. The Morgan fingerprint density at radius 2 is 1.20 bits per heavy atom. The monoisotopic (exact) mass is 790 g/mol. The Bertz CT molecular complexity index is 2180. The van der Waals surface area contributed by atoms with E-state index in [1.54, 1.807) is 24.0 Å². The van der Waals surface area contributed by atoms with Gasteiger partial charge in [0.2, 0.25) is 0 Å². The van der Waals surface area contributed by atoms with Gasteiger partial charge in [-0.15, -0.1) is 0 Å².